The van der Waals surface area contributed by atoms with Gasteiger partial charge in [0.25, 0.3) is 0 Å². The summed E-state index contributed by atoms with van der Waals surface area (Å²) in [5.74, 6) is -0.416. The number of alkyl carbamates (subject to hydrolysis) is 1. The van der Waals surface area contributed by atoms with Gasteiger partial charge in [0.15, 0.2) is 5.78 Å². The van der Waals surface area contributed by atoms with Gasteiger partial charge in [0.1, 0.15) is 25.4 Å². The van der Waals surface area contributed by atoms with Crippen molar-refractivity contribution in [1.29, 1.82) is 0 Å². The summed E-state index contributed by atoms with van der Waals surface area (Å²) in [7, 11) is 0. The Balaban J connectivity index is 1.36. The first kappa shape index (κ1) is 21.1. The Labute approximate surface area is 180 Å². The lowest BCUT2D eigenvalue weighted by atomic mass is 9.84. The van der Waals surface area contributed by atoms with Crippen LogP contribution in [0.5, 0.6) is 0 Å². The summed E-state index contributed by atoms with van der Waals surface area (Å²) in [6.45, 7) is 0.215. The van der Waals surface area contributed by atoms with Crippen LogP contribution in [0, 0.1) is 5.92 Å². The van der Waals surface area contributed by atoms with Crippen LogP contribution in [0.4, 0.5) is 4.79 Å². The van der Waals surface area contributed by atoms with Crippen molar-refractivity contribution in [3.05, 3.63) is 71.8 Å². The van der Waals surface area contributed by atoms with Gasteiger partial charge in [-0.1, -0.05) is 60.7 Å². The topological polar surface area (TPSA) is 94.2 Å². The highest BCUT2D eigenvalue weighted by Gasteiger charge is 2.53. The number of fused-ring (bicyclic) bond motifs is 1. The molecule has 7 nitrogen and oxygen atoms in total. The molecule has 1 amide bonds. The van der Waals surface area contributed by atoms with E-state index < -0.39 is 18.1 Å². The maximum absolute atomic E-state index is 12.8. The van der Waals surface area contributed by atoms with Crippen LogP contribution in [0.3, 0.4) is 0 Å². The number of hydrogen-bond donors (Lipinski definition) is 1. The van der Waals surface area contributed by atoms with Gasteiger partial charge in [-0.25, -0.2) is 9.59 Å². The van der Waals surface area contributed by atoms with Crippen molar-refractivity contribution < 1.29 is 28.6 Å². The number of epoxide rings is 1. The molecule has 2 aromatic carbocycles. The van der Waals surface area contributed by atoms with E-state index in [1.807, 2.05) is 60.7 Å². The van der Waals surface area contributed by atoms with Gasteiger partial charge in [0.2, 0.25) is 0 Å². The van der Waals surface area contributed by atoms with Gasteiger partial charge in [0.05, 0.1) is 6.10 Å². The van der Waals surface area contributed by atoms with Gasteiger partial charge in [0, 0.05) is 6.42 Å². The molecule has 2 aliphatic rings. The summed E-state index contributed by atoms with van der Waals surface area (Å²) in [6.07, 6.45) is 0.171. The van der Waals surface area contributed by atoms with E-state index in [4.69, 9.17) is 14.2 Å². The minimum absolute atomic E-state index is 0.00592. The second-order valence-electron chi connectivity index (χ2n) is 7.87. The molecule has 1 heterocycles. The van der Waals surface area contributed by atoms with Crippen molar-refractivity contribution in [3.63, 3.8) is 0 Å². The Hall–Kier alpha value is -3.19. The second-order valence-corrected chi connectivity index (χ2v) is 7.87. The number of hydrogen-bond acceptors (Lipinski definition) is 6. The monoisotopic (exact) mass is 423 g/mol. The molecule has 1 aliphatic carbocycles. The highest BCUT2D eigenvalue weighted by atomic mass is 16.6. The number of nitrogens with one attached hydrogen (secondary N) is 1. The molecule has 162 valence electrons. The van der Waals surface area contributed by atoms with E-state index in [2.05, 4.69) is 5.32 Å². The quantitative estimate of drug-likeness (QED) is 0.518. The average Bonchev–Trinajstić information content (AvgIpc) is 3.61. The molecule has 2 aromatic rings. The largest absolute Gasteiger partial charge is 0.459 e. The van der Waals surface area contributed by atoms with Crippen LogP contribution >= 0.6 is 0 Å². The molecule has 4 rings (SSSR count). The van der Waals surface area contributed by atoms with E-state index >= 15 is 0 Å². The highest BCUT2D eigenvalue weighted by molar-refractivity contribution is 5.87. The molecular formula is C24H25NO6. The Morgan fingerprint density at radius 2 is 1.58 bits per heavy atom. The summed E-state index contributed by atoms with van der Waals surface area (Å²) in [5.41, 5.74) is 1.70. The first-order chi connectivity index (χ1) is 15.1. The number of carbonyl (C=O) groups is 3. The molecule has 2 fully saturated rings. The number of amides is 1. The van der Waals surface area contributed by atoms with Crippen LogP contribution in [0.1, 0.15) is 30.4 Å². The third-order valence-corrected chi connectivity index (χ3v) is 5.62. The van der Waals surface area contributed by atoms with Gasteiger partial charge in [-0.3, -0.25) is 4.79 Å². The van der Waals surface area contributed by atoms with Gasteiger partial charge < -0.3 is 19.5 Å². The summed E-state index contributed by atoms with van der Waals surface area (Å²) >= 11 is 0. The van der Waals surface area contributed by atoms with Gasteiger partial charge in [-0.05, 0) is 29.9 Å². The second kappa shape index (κ2) is 9.75. The molecule has 0 unspecified atom stereocenters. The number of ketones is 1. The van der Waals surface area contributed by atoms with E-state index in [-0.39, 0.29) is 37.1 Å². The summed E-state index contributed by atoms with van der Waals surface area (Å²) in [5, 5.41) is 2.64. The number of Topliss-reactive ketones (excluding diaryl/α,β-unsaturated/α-hetero) is 1. The number of carbonyl (C=O) groups excluding carboxylic acids is 3. The molecule has 7 heteroatoms. The molecule has 31 heavy (non-hydrogen) atoms. The molecule has 1 saturated carbocycles. The Morgan fingerprint density at radius 1 is 0.968 bits per heavy atom. The smallest absolute Gasteiger partial charge is 0.408 e. The van der Waals surface area contributed by atoms with Crippen LogP contribution in [-0.2, 0) is 37.0 Å². The lowest BCUT2D eigenvalue weighted by molar-refractivity contribution is -0.148. The predicted octanol–water partition coefficient (Wildman–Crippen LogP) is 3.16. The van der Waals surface area contributed by atoms with E-state index in [9.17, 15) is 14.4 Å². The zero-order valence-electron chi connectivity index (χ0n) is 17.1. The molecule has 4 atom stereocenters. The minimum atomic E-state index is -0.880. The minimum Gasteiger partial charge on any atom is -0.459 e. The fourth-order valence-electron chi connectivity index (χ4n) is 3.88. The van der Waals surface area contributed by atoms with Crippen molar-refractivity contribution in [1.82, 2.24) is 5.32 Å². The molecule has 0 spiro atoms. The lowest BCUT2D eigenvalue weighted by Crippen LogP contribution is -2.44. The number of benzene rings is 2. The predicted molar refractivity (Wildman–Crippen MR) is 111 cm³/mol. The van der Waals surface area contributed by atoms with Crippen molar-refractivity contribution in [2.24, 2.45) is 5.92 Å². The maximum atomic E-state index is 12.8. The third-order valence-electron chi connectivity index (χ3n) is 5.62. The molecule has 1 aliphatic heterocycles. The molecule has 0 aromatic heterocycles. The number of ether oxygens (including phenoxy) is 3. The Morgan fingerprint density at radius 3 is 2.23 bits per heavy atom. The lowest BCUT2D eigenvalue weighted by Gasteiger charge is -2.23. The molecule has 1 saturated heterocycles. The average molecular weight is 423 g/mol. The van der Waals surface area contributed by atoms with Crippen LogP contribution < -0.4 is 5.32 Å². The zero-order chi connectivity index (χ0) is 21.6. The normalized spacial score (nSPS) is 22.7. The Kier molecular flexibility index (Phi) is 6.62. The third kappa shape index (κ3) is 5.70. The highest BCUT2D eigenvalue weighted by Crippen LogP contribution is 2.40. The molecular weight excluding hydrogens is 398 g/mol. The number of esters is 1. The molecule has 0 radical (unpaired) electrons. The van der Waals surface area contributed by atoms with Crippen LogP contribution in [-0.4, -0.2) is 36.1 Å². The fraction of sp³-hybridized carbons (Fsp3) is 0.375. The fourth-order valence-corrected chi connectivity index (χ4v) is 3.88. The molecule has 1 N–H and O–H groups in total. The van der Waals surface area contributed by atoms with Crippen LogP contribution in [0.25, 0.3) is 0 Å². The standard InChI is InChI=1S/C24H25NO6/c26-20-12-11-18(21-22(20)31-21)13-19(23(27)29-14-16-7-3-1-4-8-16)25-24(28)30-15-17-9-5-2-6-10-17/h1-10,18-19,21-22H,11-15H2,(H,25,28)/t18-,19+,21-,22+/m1/s1. The summed E-state index contributed by atoms with van der Waals surface area (Å²) in [6, 6.07) is 17.7. The summed E-state index contributed by atoms with van der Waals surface area (Å²) in [4.78, 5) is 36.9. The summed E-state index contributed by atoms with van der Waals surface area (Å²) < 4.78 is 16.2. The van der Waals surface area contributed by atoms with Crippen LogP contribution in [0.15, 0.2) is 60.7 Å². The molecule has 0 bridgehead atoms. The first-order valence-electron chi connectivity index (χ1n) is 10.5. The van der Waals surface area contributed by atoms with E-state index in [0.717, 1.165) is 11.1 Å². The van der Waals surface area contributed by atoms with E-state index in [0.29, 0.717) is 19.3 Å². The van der Waals surface area contributed by atoms with Crippen molar-refractivity contribution in [2.45, 2.75) is 50.7 Å². The zero-order valence-corrected chi connectivity index (χ0v) is 17.1. The van der Waals surface area contributed by atoms with Crippen molar-refractivity contribution in [2.75, 3.05) is 0 Å². The first-order valence-corrected chi connectivity index (χ1v) is 10.5. The number of rotatable bonds is 8. The van der Waals surface area contributed by atoms with Gasteiger partial charge >= 0.3 is 12.1 Å². The Bertz CT molecular complexity index is 916. The van der Waals surface area contributed by atoms with Crippen molar-refractivity contribution >= 4 is 17.8 Å². The van der Waals surface area contributed by atoms with Crippen molar-refractivity contribution in [3.8, 4) is 0 Å². The maximum Gasteiger partial charge on any atom is 0.408 e. The van der Waals surface area contributed by atoms with Crippen LogP contribution in [0.2, 0.25) is 0 Å². The van der Waals surface area contributed by atoms with Gasteiger partial charge in [-0.15, -0.1) is 0 Å². The SMILES string of the molecule is O=C(N[C@@H](C[C@H]1CCC(=O)[C@@H]2O[C@H]12)C(=O)OCc1ccccc1)OCc1ccccc1. The van der Waals surface area contributed by atoms with Gasteiger partial charge in [-0.2, -0.15) is 0 Å². The van der Waals surface area contributed by atoms with E-state index in [1.165, 1.54) is 0 Å². The van der Waals surface area contributed by atoms with E-state index in [1.54, 1.807) is 0 Å².